The second-order valence-corrected chi connectivity index (χ2v) is 5.67. The molecule has 1 atom stereocenters. The molecule has 1 heterocycles. The third-order valence-corrected chi connectivity index (χ3v) is 4.03. The van der Waals surface area contributed by atoms with Crippen LogP contribution in [0.1, 0.15) is 12.8 Å². The monoisotopic (exact) mass is 301 g/mol. The number of nitro groups is 1. The van der Waals surface area contributed by atoms with E-state index >= 15 is 0 Å². The average Bonchev–Trinajstić information content (AvgIpc) is 2.41. The van der Waals surface area contributed by atoms with Crippen LogP contribution < -0.4 is 0 Å². The van der Waals surface area contributed by atoms with Gasteiger partial charge in [-0.1, -0.05) is 0 Å². The summed E-state index contributed by atoms with van der Waals surface area (Å²) in [6.07, 6.45) is -0.388. The van der Waals surface area contributed by atoms with E-state index in [1.54, 1.807) is 0 Å². The molecule has 1 unspecified atom stereocenters. The minimum Gasteiger partial charge on any atom is -0.464 e. The third-order valence-electron chi connectivity index (χ3n) is 2.70. The van der Waals surface area contributed by atoms with Gasteiger partial charge in [0.05, 0.1) is 16.4 Å². The van der Waals surface area contributed by atoms with Crippen LogP contribution in [0, 0.1) is 10.1 Å². The smallest absolute Gasteiger partial charge is 0.336 e. The Morgan fingerprint density at radius 1 is 1.30 bits per heavy atom. The number of esters is 1. The number of nitrogens with zero attached hydrogens (tertiary/aromatic N) is 1. The molecular weight excluding hydrogens is 290 g/mol. The van der Waals surface area contributed by atoms with E-state index in [1.165, 1.54) is 0 Å². The molecule has 8 nitrogen and oxygen atoms in total. The molecular formula is C11H11NO7S. The van der Waals surface area contributed by atoms with Crippen LogP contribution in [0.25, 0.3) is 0 Å². The Morgan fingerprint density at radius 3 is 2.50 bits per heavy atom. The van der Waals surface area contributed by atoms with Gasteiger partial charge in [0.1, 0.15) is 0 Å². The molecule has 1 aliphatic heterocycles. The van der Waals surface area contributed by atoms with E-state index in [1.807, 2.05) is 0 Å². The van der Waals surface area contributed by atoms with Crippen molar-refractivity contribution < 1.29 is 27.1 Å². The SMILES string of the molecule is O=C1OCCCC1OS(=O)(=O)c1ccc([N+](=O)[O-])cc1. The van der Waals surface area contributed by atoms with E-state index in [4.69, 9.17) is 8.92 Å². The minimum atomic E-state index is -4.16. The number of nitro benzene ring substituents is 1. The van der Waals surface area contributed by atoms with Crippen molar-refractivity contribution >= 4 is 21.8 Å². The molecule has 1 aromatic rings. The zero-order valence-electron chi connectivity index (χ0n) is 10.2. The number of hydrogen-bond acceptors (Lipinski definition) is 7. The molecule has 0 aliphatic carbocycles. The molecule has 108 valence electrons. The van der Waals surface area contributed by atoms with E-state index < -0.39 is 27.1 Å². The summed E-state index contributed by atoms with van der Waals surface area (Å²) in [5.74, 6) is -0.721. The van der Waals surface area contributed by atoms with Crippen molar-refractivity contribution in [3.05, 3.63) is 34.4 Å². The quantitative estimate of drug-likeness (QED) is 0.353. The predicted octanol–water partition coefficient (Wildman–Crippen LogP) is 1.01. The highest BCUT2D eigenvalue weighted by atomic mass is 32.2. The first-order valence-corrected chi connectivity index (χ1v) is 7.15. The van der Waals surface area contributed by atoms with E-state index in [9.17, 15) is 23.3 Å². The van der Waals surface area contributed by atoms with Gasteiger partial charge in [-0.25, -0.2) is 4.79 Å². The summed E-state index contributed by atoms with van der Waals surface area (Å²) < 4.78 is 33.4. The number of cyclic esters (lactones) is 1. The average molecular weight is 301 g/mol. The van der Waals surface area contributed by atoms with Gasteiger partial charge in [0.25, 0.3) is 15.8 Å². The van der Waals surface area contributed by atoms with Gasteiger partial charge in [0.2, 0.25) is 0 Å². The number of benzene rings is 1. The van der Waals surface area contributed by atoms with Crippen molar-refractivity contribution in [2.24, 2.45) is 0 Å². The Kier molecular flexibility index (Phi) is 4.00. The number of rotatable bonds is 4. The molecule has 0 aromatic heterocycles. The van der Waals surface area contributed by atoms with Gasteiger partial charge in [-0.05, 0) is 25.0 Å². The van der Waals surface area contributed by atoms with Crippen LogP contribution in [-0.4, -0.2) is 32.0 Å². The lowest BCUT2D eigenvalue weighted by atomic mass is 10.2. The van der Waals surface area contributed by atoms with Crippen LogP contribution in [0.2, 0.25) is 0 Å². The Morgan fingerprint density at radius 2 is 1.95 bits per heavy atom. The lowest BCUT2D eigenvalue weighted by Crippen LogP contribution is -2.33. The van der Waals surface area contributed by atoms with Crippen molar-refractivity contribution in [2.45, 2.75) is 23.8 Å². The maximum absolute atomic E-state index is 11.9. The molecule has 0 spiro atoms. The molecule has 1 saturated heterocycles. The maximum atomic E-state index is 11.9. The van der Waals surface area contributed by atoms with Gasteiger partial charge >= 0.3 is 5.97 Å². The van der Waals surface area contributed by atoms with E-state index in [0.717, 1.165) is 24.3 Å². The summed E-state index contributed by atoms with van der Waals surface area (Å²) in [5.41, 5.74) is -0.235. The van der Waals surface area contributed by atoms with Gasteiger partial charge in [-0.2, -0.15) is 8.42 Å². The first-order chi connectivity index (χ1) is 9.40. The Hall–Kier alpha value is -2.00. The van der Waals surface area contributed by atoms with Gasteiger partial charge < -0.3 is 4.74 Å². The van der Waals surface area contributed by atoms with Crippen molar-refractivity contribution in [3.63, 3.8) is 0 Å². The molecule has 0 N–H and O–H groups in total. The summed E-state index contributed by atoms with van der Waals surface area (Å²) in [4.78, 5) is 20.9. The number of carbonyl (C=O) groups is 1. The normalized spacial score (nSPS) is 19.4. The van der Waals surface area contributed by atoms with Crippen LogP contribution in [-0.2, 0) is 23.8 Å². The number of hydrogen-bond donors (Lipinski definition) is 0. The fraction of sp³-hybridized carbons (Fsp3) is 0.364. The second kappa shape index (κ2) is 5.55. The Balaban J connectivity index is 2.17. The molecule has 9 heteroatoms. The first-order valence-electron chi connectivity index (χ1n) is 5.74. The standard InChI is InChI=1S/C11H11NO7S/c13-11-10(2-1-7-18-11)19-20(16,17)9-5-3-8(4-6-9)12(14)15/h3-6,10H,1-2,7H2. The molecule has 1 aromatic carbocycles. The third kappa shape index (κ3) is 3.11. The highest BCUT2D eigenvalue weighted by Gasteiger charge is 2.31. The van der Waals surface area contributed by atoms with Crippen molar-refractivity contribution in [3.8, 4) is 0 Å². The molecule has 0 radical (unpaired) electrons. The molecule has 1 aliphatic rings. The van der Waals surface area contributed by atoms with Crippen LogP contribution in [0.5, 0.6) is 0 Å². The number of non-ortho nitro benzene ring substituents is 1. The van der Waals surface area contributed by atoms with Crippen molar-refractivity contribution in [1.29, 1.82) is 0 Å². The van der Waals surface area contributed by atoms with Crippen LogP contribution in [0.15, 0.2) is 29.2 Å². The Bertz CT molecular complexity index is 623. The van der Waals surface area contributed by atoms with E-state index in [0.29, 0.717) is 6.42 Å². The molecule has 0 amide bonds. The number of ether oxygens (including phenoxy) is 1. The van der Waals surface area contributed by atoms with Gasteiger partial charge in [0, 0.05) is 12.1 Å². The molecule has 1 fully saturated rings. The molecule has 20 heavy (non-hydrogen) atoms. The van der Waals surface area contributed by atoms with Crippen molar-refractivity contribution in [2.75, 3.05) is 6.61 Å². The Labute approximate surface area is 114 Å². The second-order valence-electron chi connectivity index (χ2n) is 4.10. The summed E-state index contributed by atoms with van der Waals surface area (Å²) in [6, 6.07) is 4.22. The summed E-state index contributed by atoms with van der Waals surface area (Å²) in [6.45, 7) is 0.246. The highest BCUT2D eigenvalue weighted by molar-refractivity contribution is 7.86. The summed E-state index contributed by atoms with van der Waals surface area (Å²) >= 11 is 0. The topological polar surface area (TPSA) is 113 Å². The van der Waals surface area contributed by atoms with Crippen LogP contribution in [0.4, 0.5) is 5.69 Å². The molecule has 0 bridgehead atoms. The molecule has 2 rings (SSSR count). The van der Waals surface area contributed by atoms with Gasteiger partial charge in [0.15, 0.2) is 6.10 Å². The fourth-order valence-electron chi connectivity index (χ4n) is 1.68. The van der Waals surface area contributed by atoms with Crippen LogP contribution in [0.3, 0.4) is 0 Å². The lowest BCUT2D eigenvalue weighted by Gasteiger charge is -2.20. The van der Waals surface area contributed by atoms with Crippen molar-refractivity contribution in [1.82, 2.24) is 0 Å². The number of carbonyl (C=O) groups excluding carboxylic acids is 1. The summed E-state index contributed by atoms with van der Waals surface area (Å²) in [7, 11) is -4.16. The van der Waals surface area contributed by atoms with E-state index in [-0.39, 0.29) is 23.6 Å². The van der Waals surface area contributed by atoms with Gasteiger partial charge in [-0.15, -0.1) is 0 Å². The van der Waals surface area contributed by atoms with Gasteiger partial charge in [-0.3, -0.25) is 14.3 Å². The first kappa shape index (κ1) is 14.4. The maximum Gasteiger partial charge on any atom is 0.336 e. The summed E-state index contributed by atoms with van der Waals surface area (Å²) in [5, 5.41) is 10.5. The zero-order valence-corrected chi connectivity index (χ0v) is 11.0. The van der Waals surface area contributed by atoms with Crippen LogP contribution >= 0.6 is 0 Å². The largest absolute Gasteiger partial charge is 0.464 e. The lowest BCUT2D eigenvalue weighted by molar-refractivity contribution is -0.384. The predicted molar refractivity (Wildman–Crippen MR) is 65.3 cm³/mol. The zero-order chi connectivity index (χ0) is 14.8. The molecule has 0 saturated carbocycles. The highest BCUT2D eigenvalue weighted by Crippen LogP contribution is 2.21. The van der Waals surface area contributed by atoms with E-state index in [2.05, 4.69) is 0 Å². The fourth-order valence-corrected chi connectivity index (χ4v) is 2.74. The minimum absolute atomic E-state index is 0.235.